The highest BCUT2D eigenvalue weighted by molar-refractivity contribution is 6.30. The molecule has 0 spiro atoms. The van der Waals surface area contributed by atoms with E-state index in [0.717, 1.165) is 18.4 Å². The number of carbonyl (C=O) groups is 2. The SMILES string of the molecule is Cl.NCCNC(=O)C1CCCN(C(=O)Cc2cccc(Cl)c2)C1. The van der Waals surface area contributed by atoms with Crippen molar-refractivity contribution in [3.63, 3.8) is 0 Å². The predicted molar refractivity (Wildman–Crippen MR) is 93.8 cm³/mol. The van der Waals surface area contributed by atoms with E-state index in [1.54, 1.807) is 17.0 Å². The summed E-state index contributed by atoms with van der Waals surface area (Å²) in [5.74, 6) is -0.104. The van der Waals surface area contributed by atoms with Gasteiger partial charge in [0.15, 0.2) is 0 Å². The second-order valence-electron chi connectivity index (χ2n) is 5.57. The molecule has 1 aliphatic rings. The van der Waals surface area contributed by atoms with E-state index in [9.17, 15) is 9.59 Å². The van der Waals surface area contributed by atoms with E-state index in [-0.39, 0.29) is 30.1 Å². The number of hydrogen-bond donors (Lipinski definition) is 2. The minimum absolute atomic E-state index is 0. The highest BCUT2D eigenvalue weighted by Crippen LogP contribution is 2.18. The second kappa shape index (κ2) is 9.75. The minimum atomic E-state index is -0.136. The van der Waals surface area contributed by atoms with Crippen molar-refractivity contribution in [1.82, 2.24) is 10.2 Å². The summed E-state index contributed by atoms with van der Waals surface area (Å²) < 4.78 is 0. The summed E-state index contributed by atoms with van der Waals surface area (Å²) in [7, 11) is 0. The van der Waals surface area contributed by atoms with Crippen LogP contribution in [0.25, 0.3) is 0 Å². The van der Waals surface area contributed by atoms with Gasteiger partial charge >= 0.3 is 0 Å². The summed E-state index contributed by atoms with van der Waals surface area (Å²) in [6.45, 7) is 2.09. The van der Waals surface area contributed by atoms with E-state index in [1.807, 2.05) is 12.1 Å². The van der Waals surface area contributed by atoms with Gasteiger partial charge in [0.1, 0.15) is 0 Å². The monoisotopic (exact) mass is 359 g/mol. The zero-order valence-corrected chi connectivity index (χ0v) is 14.5. The van der Waals surface area contributed by atoms with Gasteiger partial charge in [-0.1, -0.05) is 23.7 Å². The van der Waals surface area contributed by atoms with E-state index < -0.39 is 0 Å². The van der Waals surface area contributed by atoms with Crippen molar-refractivity contribution >= 4 is 35.8 Å². The van der Waals surface area contributed by atoms with Gasteiger partial charge in [0.2, 0.25) is 11.8 Å². The van der Waals surface area contributed by atoms with Crippen molar-refractivity contribution in [1.29, 1.82) is 0 Å². The Bertz CT molecular complexity index is 540. The molecule has 0 radical (unpaired) electrons. The molecule has 7 heteroatoms. The molecule has 3 N–H and O–H groups in total. The van der Waals surface area contributed by atoms with Crippen molar-refractivity contribution < 1.29 is 9.59 Å². The zero-order chi connectivity index (χ0) is 15.9. The number of nitrogens with one attached hydrogen (secondary N) is 1. The van der Waals surface area contributed by atoms with Gasteiger partial charge < -0.3 is 16.0 Å². The third-order valence-electron chi connectivity index (χ3n) is 3.83. The van der Waals surface area contributed by atoms with Gasteiger partial charge in [0, 0.05) is 31.2 Å². The molecular formula is C16H23Cl2N3O2. The fourth-order valence-electron chi connectivity index (χ4n) is 2.69. The predicted octanol–water partition coefficient (Wildman–Crippen LogP) is 1.62. The molecule has 0 aliphatic carbocycles. The molecule has 1 aliphatic heterocycles. The van der Waals surface area contributed by atoms with Crippen LogP contribution in [0.15, 0.2) is 24.3 Å². The number of hydrogen-bond acceptors (Lipinski definition) is 3. The van der Waals surface area contributed by atoms with Crippen LogP contribution in [-0.4, -0.2) is 42.9 Å². The van der Waals surface area contributed by atoms with Gasteiger partial charge in [-0.25, -0.2) is 0 Å². The molecule has 2 rings (SSSR count). The van der Waals surface area contributed by atoms with Gasteiger partial charge in [0.25, 0.3) is 0 Å². The van der Waals surface area contributed by atoms with Crippen LogP contribution in [0.4, 0.5) is 0 Å². The largest absolute Gasteiger partial charge is 0.355 e. The molecule has 1 fully saturated rings. The molecule has 1 saturated heterocycles. The molecule has 1 aromatic carbocycles. The second-order valence-corrected chi connectivity index (χ2v) is 6.00. The highest BCUT2D eigenvalue weighted by atomic mass is 35.5. The van der Waals surface area contributed by atoms with Crippen LogP contribution in [0.1, 0.15) is 18.4 Å². The van der Waals surface area contributed by atoms with E-state index in [2.05, 4.69) is 5.32 Å². The Morgan fingerprint density at radius 3 is 2.87 bits per heavy atom. The molecule has 2 amide bonds. The summed E-state index contributed by atoms with van der Waals surface area (Å²) in [5.41, 5.74) is 6.29. The molecule has 128 valence electrons. The molecule has 1 atom stereocenters. The molecular weight excluding hydrogens is 337 g/mol. The molecule has 5 nitrogen and oxygen atoms in total. The molecule has 0 bridgehead atoms. The number of halogens is 2. The standard InChI is InChI=1S/C16H22ClN3O2.ClH/c17-14-5-1-3-12(9-14)10-15(21)20-8-2-4-13(11-20)16(22)19-7-6-18;/h1,3,5,9,13H,2,4,6-8,10-11,18H2,(H,19,22);1H. The summed E-state index contributed by atoms with van der Waals surface area (Å²) >= 11 is 5.94. The number of benzene rings is 1. The average Bonchev–Trinajstić information content (AvgIpc) is 2.52. The van der Waals surface area contributed by atoms with Crippen LogP contribution < -0.4 is 11.1 Å². The summed E-state index contributed by atoms with van der Waals surface area (Å²) in [6.07, 6.45) is 1.98. The van der Waals surface area contributed by atoms with E-state index in [4.69, 9.17) is 17.3 Å². The molecule has 0 aromatic heterocycles. The molecule has 1 heterocycles. The maximum absolute atomic E-state index is 12.4. The zero-order valence-electron chi connectivity index (χ0n) is 13.0. The Morgan fingerprint density at radius 2 is 2.17 bits per heavy atom. The van der Waals surface area contributed by atoms with Gasteiger partial charge in [-0.15, -0.1) is 12.4 Å². The van der Waals surface area contributed by atoms with Crippen molar-refractivity contribution in [3.05, 3.63) is 34.9 Å². The Balaban J connectivity index is 0.00000264. The third kappa shape index (κ3) is 6.01. The highest BCUT2D eigenvalue weighted by Gasteiger charge is 2.28. The Labute approximate surface area is 148 Å². The summed E-state index contributed by atoms with van der Waals surface area (Å²) in [6, 6.07) is 7.31. The number of nitrogens with two attached hydrogens (primary N) is 1. The first-order valence-electron chi connectivity index (χ1n) is 7.60. The van der Waals surface area contributed by atoms with Gasteiger partial charge in [0.05, 0.1) is 12.3 Å². The van der Waals surface area contributed by atoms with Crippen LogP contribution in [0.5, 0.6) is 0 Å². The van der Waals surface area contributed by atoms with E-state index >= 15 is 0 Å². The lowest BCUT2D eigenvalue weighted by atomic mass is 9.96. The van der Waals surface area contributed by atoms with Crippen molar-refractivity contribution in [2.45, 2.75) is 19.3 Å². The molecule has 23 heavy (non-hydrogen) atoms. The minimum Gasteiger partial charge on any atom is -0.355 e. The van der Waals surface area contributed by atoms with E-state index in [0.29, 0.717) is 37.6 Å². The number of nitrogens with zero attached hydrogens (tertiary/aromatic N) is 1. The Hall–Kier alpha value is -1.30. The van der Waals surface area contributed by atoms with Gasteiger partial charge in [-0.3, -0.25) is 9.59 Å². The lowest BCUT2D eigenvalue weighted by Gasteiger charge is -2.32. The van der Waals surface area contributed by atoms with Gasteiger partial charge in [-0.2, -0.15) is 0 Å². The van der Waals surface area contributed by atoms with Crippen LogP contribution in [-0.2, 0) is 16.0 Å². The van der Waals surface area contributed by atoms with Crippen LogP contribution in [0, 0.1) is 5.92 Å². The smallest absolute Gasteiger partial charge is 0.227 e. The van der Waals surface area contributed by atoms with Crippen molar-refractivity contribution in [2.24, 2.45) is 11.7 Å². The normalized spacial score (nSPS) is 17.3. The Morgan fingerprint density at radius 1 is 1.39 bits per heavy atom. The molecule has 1 unspecified atom stereocenters. The third-order valence-corrected chi connectivity index (χ3v) is 4.07. The fraction of sp³-hybridized carbons (Fsp3) is 0.500. The van der Waals surface area contributed by atoms with Crippen LogP contribution in [0.3, 0.4) is 0 Å². The average molecular weight is 360 g/mol. The van der Waals surface area contributed by atoms with E-state index in [1.165, 1.54) is 0 Å². The van der Waals surface area contributed by atoms with Crippen molar-refractivity contribution in [3.8, 4) is 0 Å². The first-order valence-corrected chi connectivity index (χ1v) is 7.98. The first-order chi connectivity index (χ1) is 10.6. The maximum atomic E-state index is 12.4. The summed E-state index contributed by atoms with van der Waals surface area (Å²) in [4.78, 5) is 26.2. The number of likely N-dealkylation sites (tertiary alicyclic amines) is 1. The quantitative estimate of drug-likeness (QED) is 0.838. The van der Waals surface area contributed by atoms with Crippen LogP contribution >= 0.6 is 24.0 Å². The number of piperidine rings is 1. The number of rotatable bonds is 5. The Kier molecular flexibility index (Phi) is 8.37. The topological polar surface area (TPSA) is 75.4 Å². The van der Waals surface area contributed by atoms with Gasteiger partial charge in [-0.05, 0) is 30.5 Å². The fourth-order valence-corrected chi connectivity index (χ4v) is 2.90. The molecule has 1 aromatic rings. The lowest BCUT2D eigenvalue weighted by Crippen LogP contribution is -2.46. The lowest BCUT2D eigenvalue weighted by molar-refractivity contribution is -0.135. The molecule has 0 saturated carbocycles. The van der Waals surface area contributed by atoms with Crippen molar-refractivity contribution in [2.75, 3.05) is 26.2 Å². The summed E-state index contributed by atoms with van der Waals surface area (Å²) in [5, 5.41) is 3.43. The number of amides is 2. The van der Waals surface area contributed by atoms with Crippen LogP contribution in [0.2, 0.25) is 5.02 Å². The first kappa shape index (κ1) is 19.7. The number of carbonyl (C=O) groups excluding carboxylic acids is 2. The maximum Gasteiger partial charge on any atom is 0.227 e.